The maximum atomic E-state index is 11.7. The van der Waals surface area contributed by atoms with E-state index in [-0.39, 0.29) is 12.4 Å². The number of carbonyl (C=O) groups is 2. The molecular weight excluding hydrogens is 332 g/mol. The van der Waals surface area contributed by atoms with Gasteiger partial charge >= 0.3 is 11.9 Å². The smallest absolute Gasteiger partial charge is 0.342 e. The molecule has 0 aliphatic carbocycles. The van der Waals surface area contributed by atoms with Crippen molar-refractivity contribution in [3.63, 3.8) is 0 Å². The van der Waals surface area contributed by atoms with Crippen molar-refractivity contribution in [3.8, 4) is 5.75 Å². The number of rotatable bonds is 8. The van der Waals surface area contributed by atoms with Crippen molar-refractivity contribution in [1.29, 1.82) is 0 Å². The number of nitro benzene ring substituents is 1. The number of carboxylic acids is 1. The van der Waals surface area contributed by atoms with Crippen molar-refractivity contribution in [1.82, 2.24) is 4.90 Å². The minimum Gasteiger partial charge on any atom is -0.477 e. The summed E-state index contributed by atoms with van der Waals surface area (Å²) in [5.74, 6) is -2.22. The first-order valence-electron chi connectivity index (χ1n) is 8.00. The van der Waals surface area contributed by atoms with Crippen molar-refractivity contribution in [3.05, 3.63) is 33.9 Å². The lowest BCUT2D eigenvalue weighted by molar-refractivity contribution is -0.385. The molecule has 0 spiro atoms. The summed E-state index contributed by atoms with van der Waals surface area (Å²) >= 11 is 0. The molecule has 1 saturated heterocycles. The number of aromatic carboxylic acids is 1. The molecule has 1 N–H and O–H groups in total. The normalized spacial score (nSPS) is 14.9. The molecule has 9 nitrogen and oxygen atoms in total. The Morgan fingerprint density at radius 3 is 2.60 bits per heavy atom. The number of carboxylic acid groups (broad SMARTS) is 1. The van der Waals surface area contributed by atoms with Gasteiger partial charge in [-0.3, -0.25) is 10.1 Å². The second kappa shape index (κ2) is 9.09. The molecule has 0 amide bonds. The Bertz CT molecular complexity index is 641. The molecule has 1 fully saturated rings. The SMILES string of the molecule is O=C(COCCN1CCCCC1)Oc1ccc(C(=O)O)c([N+](=O)[O-])c1. The quantitative estimate of drug-likeness (QED) is 0.247. The zero-order valence-electron chi connectivity index (χ0n) is 13.7. The summed E-state index contributed by atoms with van der Waals surface area (Å²) in [6.45, 7) is 2.93. The maximum absolute atomic E-state index is 11.7. The third kappa shape index (κ3) is 5.80. The van der Waals surface area contributed by atoms with E-state index in [9.17, 15) is 19.7 Å². The molecule has 9 heteroatoms. The minimum atomic E-state index is -1.43. The zero-order chi connectivity index (χ0) is 18.2. The van der Waals surface area contributed by atoms with Crippen LogP contribution in [0.2, 0.25) is 0 Å². The number of nitrogens with zero attached hydrogens (tertiary/aromatic N) is 2. The molecule has 1 aliphatic heterocycles. The Morgan fingerprint density at radius 2 is 1.96 bits per heavy atom. The van der Waals surface area contributed by atoms with Crippen molar-refractivity contribution in [2.45, 2.75) is 19.3 Å². The summed E-state index contributed by atoms with van der Waals surface area (Å²) in [5, 5.41) is 19.8. The minimum absolute atomic E-state index is 0.0960. The van der Waals surface area contributed by atoms with E-state index in [1.165, 1.54) is 25.3 Å². The van der Waals surface area contributed by atoms with E-state index < -0.39 is 28.1 Å². The van der Waals surface area contributed by atoms with Gasteiger partial charge in [0.1, 0.15) is 17.9 Å². The number of piperidine rings is 1. The number of hydrogen-bond donors (Lipinski definition) is 1. The van der Waals surface area contributed by atoms with Crippen molar-refractivity contribution < 1.29 is 29.1 Å². The van der Waals surface area contributed by atoms with E-state index >= 15 is 0 Å². The average Bonchev–Trinajstić information content (AvgIpc) is 2.59. The summed E-state index contributed by atoms with van der Waals surface area (Å²) in [5.41, 5.74) is -1.11. The van der Waals surface area contributed by atoms with Crippen LogP contribution in [0.25, 0.3) is 0 Å². The lowest BCUT2D eigenvalue weighted by Gasteiger charge is -2.25. The molecule has 0 unspecified atom stereocenters. The number of esters is 1. The summed E-state index contributed by atoms with van der Waals surface area (Å²) < 4.78 is 10.2. The highest BCUT2D eigenvalue weighted by Crippen LogP contribution is 2.24. The van der Waals surface area contributed by atoms with Crippen LogP contribution in [0, 0.1) is 10.1 Å². The lowest BCUT2D eigenvalue weighted by atomic mass is 10.1. The number of carbonyl (C=O) groups excluding carboxylic acids is 1. The van der Waals surface area contributed by atoms with Crippen LogP contribution in [0.15, 0.2) is 18.2 Å². The summed E-state index contributed by atoms with van der Waals surface area (Å²) in [6.07, 6.45) is 3.59. The van der Waals surface area contributed by atoms with Gasteiger partial charge < -0.3 is 19.5 Å². The van der Waals surface area contributed by atoms with E-state index in [0.717, 1.165) is 31.8 Å². The maximum Gasteiger partial charge on any atom is 0.342 e. The standard InChI is InChI=1S/C16H20N2O7/c19-15(11-24-9-8-17-6-2-1-3-7-17)25-12-4-5-13(16(20)21)14(10-12)18(22)23/h4-5,10H,1-3,6-9,11H2,(H,20,21). The first-order valence-corrected chi connectivity index (χ1v) is 8.00. The summed E-state index contributed by atoms with van der Waals surface area (Å²) in [7, 11) is 0. The molecule has 0 radical (unpaired) electrons. The van der Waals surface area contributed by atoms with Crippen LogP contribution in [0.1, 0.15) is 29.6 Å². The number of benzene rings is 1. The van der Waals surface area contributed by atoms with E-state index in [0.29, 0.717) is 6.61 Å². The van der Waals surface area contributed by atoms with Gasteiger partial charge in [-0.15, -0.1) is 0 Å². The Labute approximate surface area is 144 Å². The molecular formula is C16H20N2O7. The first-order chi connectivity index (χ1) is 12.0. The van der Waals surface area contributed by atoms with Crippen LogP contribution in [0.3, 0.4) is 0 Å². The Hall–Kier alpha value is -2.52. The second-order valence-corrected chi connectivity index (χ2v) is 5.67. The molecule has 2 rings (SSSR count). The molecule has 1 heterocycles. The van der Waals surface area contributed by atoms with Gasteiger partial charge in [0.15, 0.2) is 0 Å². The molecule has 1 aliphatic rings. The number of ether oxygens (including phenoxy) is 2. The second-order valence-electron chi connectivity index (χ2n) is 5.67. The van der Waals surface area contributed by atoms with E-state index in [2.05, 4.69) is 4.90 Å². The molecule has 0 saturated carbocycles. The van der Waals surface area contributed by atoms with Crippen LogP contribution < -0.4 is 4.74 Å². The fraction of sp³-hybridized carbons (Fsp3) is 0.500. The van der Waals surface area contributed by atoms with Gasteiger partial charge in [0.25, 0.3) is 5.69 Å². The highest BCUT2D eigenvalue weighted by Gasteiger charge is 2.21. The Balaban J connectivity index is 1.80. The van der Waals surface area contributed by atoms with Crippen molar-refractivity contribution in [2.75, 3.05) is 32.8 Å². The molecule has 0 bridgehead atoms. The third-order valence-corrected chi connectivity index (χ3v) is 3.85. The lowest BCUT2D eigenvalue weighted by Crippen LogP contribution is -2.33. The summed E-state index contributed by atoms with van der Waals surface area (Å²) in [6, 6.07) is 3.14. The number of hydrogen-bond acceptors (Lipinski definition) is 7. The zero-order valence-corrected chi connectivity index (χ0v) is 13.7. The van der Waals surface area contributed by atoms with Crippen molar-refractivity contribution in [2.24, 2.45) is 0 Å². The Kier molecular flexibility index (Phi) is 6.84. The summed E-state index contributed by atoms with van der Waals surface area (Å²) in [4.78, 5) is 35.0. The number of nitro groups is 1. The van der Waals surface area contributed by atoms with Crippen LogP contribution in [-0.4, -0.2) is 59.7 Å². The third-order valence-electron chi connectivity index (χ3n) is 3.85. The van der Waals surface area contributed by atoms with Gasteiger partial charge in [-0.1, -0.05) is 6.42 Å². The van der Waals surface area contributed by atoms with Gasteiger partial charge in [0, 0.05) is 6.54 Å². The fourth-order valence-corrected chi connectivity index (χ4v) is 2.60. The van der Waals surface area contributed by atoms with Crippen LogP contribution >= 0.6 is 0 Å². The highest BCUT2D eigenvalue weighted by atomic mass is 16.6. The molecule has 0 atom stereocenters. The van der Waals surface area contributed by atoms with Crippen molar-refractivity contribution >= 4 is 17.6 Å². The predicted octanol–water partition coefficient (Wildman–Crippen LogP) is 1.70. The van der Waals surface area contributed by atoms with Gasteiger partial charge in [0.2, 0.25) is 0 Å². The highest BCUT2D eigenvalue weighted by molar-refractivity contribution is 5.92. The molecule has 136 valence electrons. The topological polar surface area (TPSA) is 119 Å². The van der Waals surface area contributed by atoms with Gasteiger partial charge in [-0.05, 0) is 38.1 Å². The Morgan fingerprint density at radius 1 is 1.24 bits per heavy atom. The van der Waals surface area contributed by atoms with Crippen LogP contribution in [-0.2, 0) is 9.53 Å². The van der Waals surface area contributed by atoms with Crippen LogP contribution in [0.5, 0.6) is 5.75 Å². The van der Waals surface area contributed by atoms with E-state index in [1.807, 2.05) is 0 Å². The largest absolute Gasteiger partial charge is 0.477 e. The number of likely N-dealkylation sites (tertiary alicyclic amines) is 1. The first kappa shape index (κ1) is 18.8. The van der Waals surface area contributed by atoms with Gasteiger partial charge in [-0.25, -0.2) is 9.59 Å². The molecule has 1 aromatic carbocycles. The predicted molar refractivity (Wildman–Crippen MR) is 86.8 cm³/mol. The molecule has 0 aromatic heterocycles. The van der Waals surface area contributed by atoms with Gasteiger partial charge in [0.05, 0.1) is 17.6 Å². The van der Waals surface area contributed by atoms with E-state index in [1.54, 1.807) is 0 Å². The average molecular weight is 352 g/mol. The fourth-order valence-electron chi connectivity index (χ4n) is 2.60. The van der Waals surface area contributed by atoms with E-state index in [4.69, 9.17) is 14.6 Å². The molecule has 1 aromatic rings. The van der Waals surface area contributed by atoms with Crippen LogP contribution in [0.4, 0.5) is 5.69 Å². The molecule has 25 heavy (non-hydrogen) atoms. The monoisotopic (exact) mass is 352 g/mol. The van der Waals surface area contributed by atoms with Gasteiger partial charge in [-0.2, -0.15) is 0 Å².